The van der Waals surface area contributed by atoms with E-state index < -0.39 is 0 Å². The molecule has 0 unspecified atom stereocenters. The van der Waals surface area contributed by atoms with Crippen molar-refractivity contribution >= 4 is 30.3 Å². The lowest BCUT2D eigenvalue weighted by Gasteiger charge is -2.02. The Kier molecular flexibility index (Phi) is 3.82. The monoisotopic (exact) mass is 216 g/mol. The van der Waals surface area contributed by atoms with Crippen molar-refractivity contribution in [3.8, 4) is 0 Å². The molecule has 0 aromatic heterocycles. The molecule has 0 heterocycles. The van der Waals surface area contributed by atoms with Crippen molar-refractivity contribution in [3.63, 3.8) is 0 Å². The molecular formula is C10H10ClFS. The summed E-state index contributed by atoms with van der Waals surface area (Å²) in [4.78, 5) is 0. The SMILES string of the molecule is Cc1c(F)ccc(C=CCS)c1Cl. The van der Waals surface area contributed by atoms with Crippen molar-refractivity contribution in [2.24, 2.45) is 0 Å². The van der Waals surface area contributed by atoms with Gasteiger partial charge in [0.1, 0.15) is 5.82 Å². The van der Waals surface area contributed by atoms with Gasteiger partial charge in [-0.25, -0.2) is 4.39 Å². The van der Waals surface area contributed by atoms with Gasteiger partial charge in [-0.1, -0.05) is 29.8 Å². The minimum Gasteiger partial charge on any atom is -0.207 e. The lowest BCUT2D eigenvalue weighted by molar-refractivity contribution is 0.618. The molecule has 0 aliphatic heterocycles. The standard InChI is InChI=1S/C10H10ClFS/c1-7-9(12)5-4-8(10(7)11)3-2-6-13/h2-5,13H,6H2,1H3. The second kappa shape index (κ2) is 4.68. The van der Waals surface area contributed by atoms with E-state index in [4.69, 9.17) is 11.6 Å². The van der Waals surface area contributed by atoms with Crippen LogP contribution in [-0.4, -0.2) is 5.75 Å². The van der Waals surface area contributed by atoms with Crippen LogP contribution in [-0.2, 0) is 0 Å². The van der Waals surface area contributed by atoms with E-state index in [0.29, 0.717) is 16.3 Å². The summed E-state index contributed by atoms with van der Waals surface area (Å²) in [5.74, 6) is 0.375. The Morgan fingerprint density at radius 3 is 2.85 bits per heavy atom. The van der Waals surface area contributed by atoms with Crippen LogP contribution in [0.3, 0.4) is 0 Å². The van der Waals surface area contributed by atoms with Crippen molar-refractivity contribution in [2.45, 2.75) is 6.92 Å². The van der Waals surface area contributed by atoms with Crippen LogP contribution < -0.4 is 0 Å². The van der Waals surface area contributed by atoms with Crippen LogP contribution in [0, 0.1) is 12.7 Å². The minimum absolute atomic E-state index is 0.270. The second-order valence-corrected chi connectivity index (χ2v) is 3.40. The molecular weight excluding hydrogens is 207 g/mol. The Hall–Kier alpha value is -0.470. The van der Waals surface area contributed by atoms with E-state index in [0.717, 1.165) is 5.56 Å². The molecule has 0 saturated carbocycles. The summed E-state index contributed by atoms with van der Waals surface area (Å²) in [6.07, 6.45) is 3.70. The number of rotatable bonds is 2. The fraction of sp³-hybridized carbons (Fsp3) is 0.200. The zero-order valence-electron chi connectivity index (χ0n) is 7.22. The molecule has 1 aromatic rings. The minimum atomic E-state index is -0.270. The van der Waals surface area contributed by atoms with Crippen LogP contribution in [0.15, 0.2) is 18.2 Å². The van der Waals surface area contributed by atoms with Gasteiger partial charge in [-0.05, 0) is 18.6 Å². The summed E-state index contributed by atoms with van der Waals surface area (Å²) in [6, 6.07) is 3.07. The molecule has 3 heteroatoms. The van der Waals surface area contributed by atoms with E-state index >= 15 is 0 Å². The van der Waals surface area contributed by atoms with Gasteiger partial charge < -0.3 is 0 Å². The molecule has 1 aromatic carbocycles. The van der Waals surface area contributed by atoms with Crippen LogP contribution >= 0.6 is 24.2 Å². The van der Waals surface area contributed by atoms with Crippen molar-refractivity contribution in [1.29, 1.82) is 0 Å². The molecule has 0 atom stereocenters. The van der Waals surface area contributed by atoms with Crippen molar-refractivity contribution in [1.82, 2.24) is 0 Å². The fourth-order valence-corrected chi connectivity index (χ4v) is 1.31. The Balaban J connectivity index is 3.11. The zero-order chi connectivity index (χ0) is 9.84. The van der Waals surface area contributed by atoms with Gasteiger partial charge in [-0.15, -0.1) is 0 Å². The molecule has 0 fully saturated rings. The summed E-state index contributed by atoms with van der Waals surface area (Å²) in [7, 11) is 0. The quantitative estimate of drug-likeness (QED) is 0.716. The molecule has 0 radical (unpaired) electrons. The van der Waals surface area contributed by atoms with E-state index in [1.165, 1.54) is 6.07 Å². The van der Waals surface area contributed by atoms with Gasteiger partial charge in [0.15, 0.2) is 0 Å². The summed E-state index contributed by atoms with van der Waals surface area (Å²) in [5.41, 5.74) is 1.32. The van der Waals surface area contributed by atoms with E-state index in [1.54, 1.807) is 13.0 Å². The molecule has 0 bridgehead atoms. The lowest BCUT2D eigenvalue weighted by atomic mass is 10.1. The molecule has 0 aliphatic carbocycles. The molecule has 0 spiro atoms. The zero-order valence-corrected chi connectivity index (χ0v) is 8.87. The molecule has 13 heavy (non-hydrogen) atoms. The molecule has 1 rings (SSSR count). The highest BCUT2D eigenvalue weighted by Gasteiger charge is 2.04. The van der Waals surface area contributed by atoms with E-state index in [-0.39, 0.29) is 5.82 Å². The molecule has 0 saturated heterocycles. The van der Waals surface area contributed by atoms with Crippen molar-refractivity contribution < 1.29 is 4.39 Å². The van der Waals surface area contributed by atoms with Crippen LogP contribution in [0.25, 0.3) is 6.08 Å². The van der Waals surface area contributed by atoms with Gasteiger partial charge in [-0.2, -0.15) is 12.6 Å². The van der Waals surface area contributed by atoms with Crippen molar-refractivity contribution in [3.05, 3.63) is 40.2 Å². The predicted molar refractivity (Wildman–Crippen MR) is 59.0 cm³/mol. The van der Waals surface area contributed by atoms with Gasteiger partial charge in [0, 0.05) is 11.3 Å². The first-order valence-corrected chi connectivity index (χ1v) is 4.90. The van der Waals surface area contributed by atoms with Gasteiger partial charge in [0.2, 0.25) is 0 Å². The van der Waals surface area contributed by atoms with Crippen LogP contribution in [0.2, 0.25) is 5.02 Å². The number of benzene rings is 1. The summed E-state index contributed by atoms with van der Waals surface area (Å²) >= 11 is 9.95. The topological polar surface area (TPSA) is 0 Å². The Bertz CT molecular complexity index is 334. The maximum absolute atomic E-state index is 13.0. The van der Waals surface area contributed by atoms with E-state index in [2.05, 4.69) is 12.6 Å². The maximum atomic E-state index is 13.0. The number of halogens is 2. The number of thiol groups is 1. The predicted octanol–water partition coefficient (Wildman–Crippen LogP) is 3.73. The third-order valence-corrected chi connectivity index (χ3v) is 2.47. The Labute approximate surface area is 87.8 Å². The Morgan fingerprint density at radius 2 is 2.23 bits per heavy atom. The van der Waals surface area contributed by atoms with Crippen LogP contribution in [0.5, 0.6) is 0 Å². The normalized spacial score (nSPS) is 11.1. The first kappa shape index (κ1) is 10.6. The molecule has 0 nitrogen and oxygen atoms in total. The molecule has 70 valence electrons. The summed E-state index contributed by atoms with van der Waals surface area (Å²) < 4.78 is 13.0. The van der Waals surface area contributed by atoms with Crippen molar-refractivity contribution in [2.75, 3.05) is 5.75 Å². The highest BCUT2D eigenvalue weighted by Crippen LogP contribution is 2.23. The molecule has 0 aliphatic rings. The summed E-state index contributed by atoms with van der Waals surface area (Å²) in [6.45, 7) is 1.66. The van der Waals surface area contributed by atoms with E-state index in [1.807, 2.05) is 12.2 Å². The van der Waals surface area contributed by atoms with Crippen LogP contribution in [0.1, 0.15) is 11.1 Å². The average Bonchev–Trinajstić information content (AvgIpc) is 2.13. The van der Waals surface area contributed by atoms with Crippen LogP contribution in [0.4, 0.5) is 4.39 Å². The first-order valence-electron chi connectivity index (χ1n) is 3.89. The number of hydrogen-bond acceptors (Lipinski definition) is 1. The Morgan fingerprint density at radius 1 is 1.54 bits per heavy atom. The van der Waals surface area contributed by atoms with E-state index in [9.17, 15) is 4.39 Å². The van der Waals surface area contributed by atoms with Gasteiger partial charge in [0.05, 0.1) is 5.02 Å². The second-order valence-electron chi connectivity index (χ2n) is 2.66. The molecule has 0 amide bonds. The highest BCUT2D eigenvalue weighted by atomic mass is 35.5. The van der Waals surface area contributed by atoms with Gasteiger partial charge in [0.25, 0.3) is 0 Å². The highest BCUT2D eigenvalue weighted by molar-refractivity contribution is 7.80. The third kappa shape index (κ3) is 2.48. The average molecular weight is 217 g/mol. The number of hydrogen-bond donors (Lipinski definition) is 1. The lowest BCUT2D eigenvalue weighted by Crippen LogP contribution is -1.86. The smallest absolute Gasteiger partial charge is 0.127 e. The largest absolute Gasteiger partial charge is 0.207 e. The van der Waals surface area contributed by atoms with Gasteiger partial charge >= 0.3 is 0 Å². The first-order chi connectivity index (χ1) is 6.16. The third-order valence-electron chi connectivity index (χ3n) is 1.75. The summed E-state index contributed by atoms with van der Waals surface area (Å²) in [5, 5.41) is 0.470. The maximum Gasteiger partial charge on any atom is 0.127 e. The van der Waals surface area contributed by atoms with Gasteiger partial charge in [-0.3, -0.25) is 0 Å². The molecule has 0 N–H and O–H groups in total. The fourth-order valence-electron chi connectivity index (χ4n) is 0.991.